The van der Waals surface area contributed by atoms with Gasteiger partial charge in [0.05, 0.1) is 0 Å². The Morgan fingerprint density at radius 2 is 2.35 bits per heavy atom. The van der Waals surface area contributed by atoms with E-state index in [2.05, 4.69) is 37.5 Å². The molecule has 8 heteroatoms. The molecule has 1 aliphatic rings. The van der Waals surface area contributed by atoms with E-state index in [1.165, 1.54) is 12.3 Å². The Balaban J connectivity index is 2.03. The van der Waals surface area contributed by atoms with Gasteiger partial charge in [-0.25, -0.2) is 18.1 Å². The highest BCUT2D eigenvalue weighted by molar-refractivity contribution is 9.10. The first-order valence-electron chi connectivity index (χ1n) is 6.45. The third-order valence-electron chi connectivity index (χ3n) is 3.44. The van der Waals surface area contributed by atoms with E-state index in [9.17, 15) is 8.42 Å². The molecule has 1 fully saturated rings. The summed E-state index contributed by atoms with van der Waals surface area (Å²) in [5.74, 6) is 0.351. The van der Waals surface area contributed by atoms with Crippen molar-refractivity contribution in [3.8, 4) is 0 Å². The van der Waals surface area contributed by atoms with Crippen LogP contribution in [0.3, 0.4) is 0 Å². The second kappa shape index (κ2) is 6.70. The Bertz CT molecular complexity index is 582. The first kappa shape index (κ1) is 16.2. The highest BCUT2D eigenvalue weighted by Gasteiger charge is 2.25. The first-order valence-corrected chi connectivity index (χ1v) is 9.11. The number of rotatable bonds is 5. The Hall–Kier alpha value is -0.210. The van der Waals surface area contributed by atoms with Gasteiger partial charge in [0.2, 0.25) is 10.0 Å². The van der Waals surface area contributed by atoms with Crippen LogP contribution >= 0.6 is 27.5 Å². The summed E-state index contributed by atoms with van der Waals surface area (Å²) in [4.78, 5) is 6.17. The van der Waals surface area contributed by atoms with E-state index >= 15 is 0 Å². The Morgan fingerprint density at radius 3 is 3.00 bits per heavy atom. The summed E-state index contributed by atoms with van der Waals surface area (Å²) in [5, 5.41) is -0.0118. The number of aromatic nitrogens is 1. The van der Waals surface area contributed by atoms with Gasteiger partial charge in [0.1, 0.15) is 10.0 Å². The average Bonchev–Trinajstić information content (AvgIpc) is 2.87. The molecule has 20 heavy (non-hydrogen) atoms. The number of hydrogen-bond acceptors (Lipinski definition) is 4. The molecular formula is C12H17BrClN3O2S. The van der Waals surface area contributed by atoms with Crippen LogP contribution in [-0.2, 0) is 10.0 Å². The fourth-order valence-corrected chi connectivity index (χ4v) is 4.32. The Morgan fingerprint density at radius 1 is 1.60 bits per heavy atom. The van der Waals surface area contributed by atoms with Gasteiger partial charge >= 0.3 is 0 Å². The van der Waals surface area contributed by atoms with Crippen molar-refractivity contribution in [1.82, 2.24) is 14.6 Å². The molecule has 2 heterocycles. The van der Waals surface area contributed by atoms with Crippen LogP contribution in [0.15, 0.2) is 21.6 Å². The van der Waals surface area contributed by atoms with Crippen molar-refractivity contribution >= 4 is 37.6 Å². The van der Waals surface area contributed by atoms with E-state index < -0.39 is 10.0 Å². The largest absolute Gasteiger partial charge is 0.303 e. The molecular weight excluding hydrogens is 366 g/mol. The summed E-state index contributed by atoms with van der Waals surface area (Å²) >= 11 is 9.07. The summed E-state index contributed by atoms with van der Waals surface area (Å²) in [7, 11) is -3.62. The van der Waals surface area contributed by atoms with Crippen molar-refractivity contribution in [1.29, 1.82) is 0 Å². The van der Waals surface area contributed by atoms with Crippen molar-refractivity contribution in [2.75, 3.05) is 26.2 Å². The van der Waals surface area contributed by atoms with E-state index in [4.69, 9.17) is 11.6 Å². The topological polar surface area (TPSA) is 62.3 Å². The Kier molecular flexibility index (Phi) is 5.42. The van der Waals surface area contributed by atoms with Gasteiger partial charge in [-0.3, -0.25) is 0 Å². The standard InChI is InChI=1S/C12H17BrClN3O2S/c1-2-17-4-3-9(8-17)6-16-20(18,19)11-5-10(13)7-15-12(11)14/h5,7,9,16H,2-4,6,8H2,1H3. The van der Waals surface area contributed by atoms with Crippen LogP contribution in [0, 0.1) is 5.92 Å². The van der Waals surface area contributed by atoms with Gasteiger partial charge in [-0.05, 0) is 47.4 Å². The number of sulfonamides is 1. The number of nitrogens with one attached hydrogen (secondary N) is 1. The molecule has 1 atom stereocenters. The second-order valence-corrected chi connectivity index (χ2v) is 7.85. The number of halogens is 2. The van der Waals surface area contributed by atoms with Crippen molar-refractivity contribution in [3.63, 3.8) is 0 Å². The molecule has 112 valence electrons. The van der Waals surface area contributed by atoms with Gasteiger partial charge < -0.3 is 4.90 Å². The maximum absolute atomic E-state index is 12.2. The van der Waals surface area contributed by atoms with Gasteiger partial charge in [-0.2, -0.15) is 0 Å². The number of nitrogens with zero attached hydrogens (tertiary/aromatic N) is 2. The van der Waals surface area contributed by atoms with Crippen LogP contribution in [0.25, 0.3) is 0 Å². The number of hydrogen-bond donors (Lipinski definition) is 1. The summed E-state index contributed by atoms with van der Waals surface area (Å²) in [6, 6.07) is 1.46. The zero-order valence-electron chi connectivity index (χ0n) is 11.1. The number of likely N-dealkylation sites (tertiary alicyclic amines) is 1. The summed E-state index contributed by atoms with van der Waals surface area (Å²) in [6.45, 7) is 5.51. The van der Waals surface area contributed by atoms with Crippen LogP contribution in [0.4, 0.5) is 0 Å². The molecule has 0 amide bonds. The maximum atomic E-state index is 12.2. The average molecular weight is 383 g/mol. The normalized spacial score (nSPS) is 20.4. The lowest BCUT2D eigenvalue weighted by molar-refractivity contribution is 0.342. The molecule has 1 aromatic rings. The predicted octanol–water partition coefficient (Wildman–Crippen LogP) is 2.12. The van der Waals surface area contributed by atoms with Gasteiger partial charge in [0, 0.05) is 23.8 Å². The molecule has 1 saturated heterocycles. The zero-order chi connectivity index (χ0) is 14.8. The third kappa shape index (κ3) is 3.92. The van der Waals surface area contributed by atoms with Crippen LogP contribution < -0.4 is 4.72 Å². The first-order chi connectivity index (χ1) is 9.42. The van der Waals surface area contributed by atoms with E-state index in [1.54, 1.807) is 0 Å². The van der Waals surface area contributed by atoms with Gasteiger partial charge in [-0.15, -0.1) is 0 Å². The minimum absolute atomic E-state index is 0.0118. The minimum Gasteiger partial charge on any atom is -0.303 e. The molecule has 0 aliphatic carbocycles. The monoisotopic (exact) mass is 381 g/mol. The molecule has 1 aromatic heterocycles. The molecule has 2 rings (SSSR count). The lowest BCUT2D eigenvalue weighted by atomic mass is 10.1. The molecule has 0 radical (unpaired) electrons. The highest BCUT2D eigenvalue weighted by atomic mass is 79.9. The van der Waals surface area contributed by atoms with E-state index in [-0.39, 0.29) is 10.0 Å². The van der Waals surface area contributed by atoms with Crippen molar-refractivity contribution in [3.05, 3.63) is 21.9 Å². The highest BCUT2D eigenvalue weighted by Crippen LogP contribution is 2.23. The van der Waals surface area contributed by atoms with Crippen molar-refractivity contribution in [2.24, 2.45) is 5.92 Å². The molecule has 1 N–H and O–H groups in total. The number of pyridine rings is 1. The van der Waals surface area contributed by atoms with Crippen molar-refractivity contribution < 1.29 is 8.42 Å². The van der Waals surface area contributed by atoms with Crippen molar-refractivity contribution in [2.45, 2.75) is 18.2 Å². The van der Waals surface area contributed by atoms with Crippen LogP contribution in [0.1, 0.15) is 13.3 Å². The summed E-state index contributed by atoms with van der Waals surface area (Å²) in [5.41, 5.74) is 0. The third-order valence-corrected chi connectivity index (χ3v) is 5.73. The SMILES string of the molecule is CCN1CCC(CNS(=O)(=O)c2cc(Br)cnc2Cl)C1. The summed E-state index contributed by atoms with van der Waals surface area (Å²) in [6.07, 6.45) is 2.48. The molecule has 0 aromatic carbocycles. The molecule has 0 saturated carbocycles. The zero-order valence-corrected chi connectivity index (χ0v) is 14.3. The fraction of sp³-hybridized carbons (Fsp3) is 0.583. The lowest BCUT2D eigenvalue weighted by Crippen LogP contribution is -2.31. The summed E-state index contributed by atoms with van der Waals surface area (Å²) < 4.78 is 27.7. The molecule has 1 aliphatic heterocycles. The van der Waals surface area contributed by atoms with Crippen LogP contribution in [-0.4, -0.2) is 44.5 Å². The van der Waals surface area contributed by atoms with E-state index in [1.807, 2.05) is 0 Å². The minimum atomic E-state index is -3.62. The van der Waals surface area contributed by atoms with Crippen LogP contribution in [0.2, 0.25) is 5.15 Å². The van der Waals surface area contributed by atoms with Crippen LogP contribution in [0.5, 0.6) is 0 Å². The van der Waals surface area contributed by atoms with Gasteiger partial charge in [0.15, 0.2) is 0 Å². The maximum Gasteiger partial charge on any atom is 0.243 e. The Labute approximate surface area is 132 Å². The van der Waals surface area contributed by atoms with Gasteiger partial charge in [-0.1, -0.05) is 18.5 Å². The second-order valence-electron chi connectivity index (χ2n) is 4.84. The van der Waals surface area contributed by atoms with E-state index in [0.717, 1.165) is 26.1 Å². The predicted molar refractivity (Wildman–Crippen MR) is 82.4 cm³/mol. The quantitative estimate of drug-likeness (QED) is 0.792. The lowest BCUT2D eigenvalue weighted by Gasteiger charge is -2.14. The molecule has 0 bridgehead atoms. The van der Waals surface area contributed by atoms with E-state index in [0.29, 0.717) is 16.9 Å². The fourth-order valence-electron chi connectivity index (χ4n) is 2.26. The molecule has 0 spiro atoms. The smallest absolute Gasteiger partial charge is 0.243 e. The van der Waals surface area contributed by atoms with Gasteiger partial charge in [0.25, 0.3) is 0 Å². The molecule has 1 unspecified atom stereocenters. The molecule has 5 nitrogen and oxygen atoms in total.